The molecular formula is C11H16N2O2S. The van der Waals surface area contributed by atoms with E-state index < -0.39 is 5.97 Å². The van der Waals surface area contributed by atoms with Gasteiger partial charge in [0.1, 0.15) is 5.56 Å². The Bertz CT molecular complexity index is 382. The summed E-state index contributed by atoms with van der Waals surface area (Å²) in [6.45, 7) is 2.68. The standard InChI is InChI=1S/C11H16N2O2S/c1-8-6-10(13(2)4-5-16-3)9(7-12-8)11(14)15/h6-7H,4-5H2,1-3H3,(H,14,15). The van der Waals surface area contributed by atoms with Crippen molar-refractivity contribution in [3.05, 3.63) is 23.5 Å². The molecule has 1 rings (SSSR count). The summed E-state index contributed by atoms with van der Waals surface area (Å²) in [4.78, 5) is 17.0. The summed E-state index contributed by atoms with van der Waals surface area (Å²) in [6, 6.07) is 1.81. The normalized spacial score (nSPS) is 10.2. The van der Waals surface area contributed by atoms with Crippen molar-refractivity contribution >= 4 is 23.4 Å². The molecule has 0 aliphatic carbocycles. The molecule has 1 aromatic rings. The van der Waals surface area contributed by atoms with Crippen molar-refractivity contribution in [2.75, 3.05) is 30.5 Å². The Hall–Kier alpha value is -1.23. The molecule has 0 spiro atoms. The topological polar surface area (TPSA) is 53.4 Å². The SMILES string of the molecule is CSCCN(C)c1cc(C)ncc1C(=O)O. The molecule has 0 aliphatic heterocycles. The summed E-state index contributed by atoms with van der Waals surface area (Å²) < 4.78 is 0. The number of aryl methyl sites for hydroxylation is 1. The highest BCUT2D eigenvalue weighted by Crippen LogP contribution is 2.19. The molecule has 5 heteroatoms. The van der Waals surface area contributed by atoms with Gasteiger partial charge >= 0.3 is 5.97 Å². The van der Waals surface area contributed by atoms with Gasteiger partial charge in [-0.15, -0.1) is 0 Å². The molecule has 0 saturated heterocycles. The second-order valence-electron chi connectivity index (χ2n) is 3.56. The fourth-order valence-electron chi connectivity index (χ4n) is 1.37. The van der Waals surface area contributed by atoms with Crippen LogP contribution in [0.2, 0.25) is 0 Å². The van der Waals surface area contributed by atoms with E-state index in [1.165, 1.54) is 6.20 Å². The number of carboxylic acid groups (broad SMARTS) is 1. The maximum absolute atomic E-state index is 11.0. The van der Waals surface area contributed by atoms with Crippen molar-refractivity contribution in [2.24, 2.45) is 0 Å². The number of anilines is 1. The number of aromatic carboxylic acids is 1. The maximum atomic E-state index is 11.0. The smallest absolute Gasteiger partial charge is 0.339 e. The third-order valence-electron chi connectivity index (χ3n) is 2.29. The lowest BCUT2D eigenvalue weighted by Gasteiger charge is -2.20. The Labute approximate surface area is 99.7 Å². The van der Waals surface area contributed by atoms with Gasteiger partial charge in [-0.05, 0) is 19.2 Å². The van der Waals surface area contributed by atoms with Crippen LogP contribution < -0.4 is 4.90 Å². The van der Waals surface area contributed by atoms with E-state index in [9.17, 15) is 4.79 Å². The van der Waals surface area contributed by atoms with E-state index in [2.05, 4.69) is 4.98 Å². The second kappa shape index (κ2) is 5.75. The number of thioether (sulfide) groups is 1. The van der Waals surface area contributed by atoms with Crippen LogP contribution >= 0.6 is 11.8 Å². The number of nitrogens with zero attached hydrogens (tertiary/aromatic N) is 2. The molecule has 1 N–H and O–H groups in total. The lowest BCUT2D eigenvalue weighted by molar-refractivity contribution is 0.0697. The van der Waals surface area contributed by atoms with Crippen molar-refractivity contribution in [3.8, 4) is 0 Å². The highest BCUT2D eigenvalue weighted by Gasteiger charge is 2.13. The minimum absolute atomic E-state index is 0.259. The minimum Gasteiger partial charge on any atom is -0.478 e. The molecule has 0 aliphatic rings. The van der Waals surface area contributed by atoms with Gasteiger partial charge in [0.15, 0.2) is 0 Å². The Kier molecular flexibility index (Phi) is 4.61. The maximum Gasteiger partial charge on any atom is 0.339 e. The molecule has 16 heavy (non-hydrogen) atoms. The fraction of sp³-hybridized carbons (Fsp3) is 0.455. The number of rotatable bonds is 5. The van der Waals surface area contributed by atoms with Crippen LogP contribution in [0, 0.1) is 6.92 Å². The first-order chi connectivity index (χ1) is 7.56. The molecule has 0 fully saturated rings. The average Bonchev–Trinajstić information content (AvgIpc) is 2.25. The third-order valence-corrected chi connectivity index (χ3v) is 2.88. The van der Waals surface area contributed by atoms with E-state index in [4.69, 9.17) is 5.11 Å². The summed E-state index contributed by atoms with van der Waals surface area (Å²) >= 11 is 1.74. The van der Waals surface area contributed by atoms with Gasteiger partial charge in [0, 0.05) is 31.2 Å². The molecule has 0 unspecified atom stereocenters. The predicted octanol–water partition coefficient (Wildman–Crippen LogP) is 1.89. The summed E-state index contributed by atoms with van der Waals surface area (Å²) in [5.74, 6) is 0.0372. The zero-order valence-corrected chi connectivity index (χ0v) is 10.5. The third kappa shape index (κ3) is 3.13. The number of carbonyl (C=O) groups is 1. The Morgan fingerprint density at radius 1 is 1.62 bits per heavy atom. The quantitative estimate of drug-likeness (QED) is 0.851. The molecule has 0 saturated carbocycles. The van der Waals surface area contributed by atoms with Crippen LogP contribution in [0.1, 0.15) is 16.1 Å². The summed E-state index contributed by atoms with van der Waals surface area (Å²) in [5, 5.41) is 9.06. The minimum atomic E-state index is -0.932. The molecule has 0 aromatic carbocycles. The van der Waals surface area contributed by atoms with Gasteiger partial charge in [0.2, 0.25) is 0 Å². The van der Waals surface area contributed by atoms with Gasteiger partial charge in [-0.2, -0.15) is 11.8 Å². The first kappa shape index (κ1) is 12.8. The van der Waals surface area contributed by atoms with Gasteiger partial charge in [-0.25, -0.2) is 4.79 Å². The molecule has 0 atom stereocenters. The molecular weight excluding hydrogens is 224 g/mol. The Morgan fingerprint density at radius 2 is 2.31 bits per heavy atom. The van der Waals surface area contributed by atoms with E-state index in [0.717, 1.165) is 23.7 Å². The predicted molar refractivity (Wildman–Crippen MR) is 67.6 cm³/mol. The summed E-state index contributed by atoms with van der Waals surface area (Å²) in [7, 11) is 1.90. The average molecular weight is 240 g/mol. The molecule has 0 bridgehead atoms. The molecule has 1 heterocycles. The van der Waals surface area contributed by atoms with Crippen LogP contribution in [0.4, 0.5) is 5.69 Å². The lowest BCUT2D eigenvalue weighted by Crippen LogP contribution is -2.23. The largest absolute Gasteiger partial charge is 0.478 e. The highest BCUT2D eigenvalue weighted by molar-refractivity contribution is 7.98. The van der Waals surface area contributed by atoms with E-state index in [-0.39, 0.29) is 5.56 Å². The van der Waals surface area contributed by atoms with Gasteiger partial charge in [-0.3, -0.25) is 4.98 Å². The fourth-order valence-corrected chi connectivity index (χ4v) is 1.83. The van der Waals surface area contributed by atoms with Crippen LogP contribution in [-0.2, 0) is 0 Å². The molecule has 1 aromatic heterocycles. The number of hydrogen-bond donors (Lipinski definition) is 1. The van der Waals surface area contributed by atoms with Gasteiger partial charge in [-0.1, -0.05) is 0 Å². The van der Waals surface area contributed by atoms with Crippen molar-refractivity contribution < 1.29 is 9.90 Å². The monoisotopic (exact) mass is 240 g/mol. The Balaban J connectivity index is 2.99. The number of aromatic nitrogens is 1. The van der Waals surface area contributed by atoms with Crippen molar-refractivity contribution in [3.63, 3.8) is 0 Å². The van der Waals surface area contributed by atoms with Crippen LogP contribution in [0.3, 0.4) is 0 Å². The van der Waals surface area contributed by atoms with Crippen LogP contribution in [0.25, 0.3) is 0 Å². The van der Waals surface area contributed by atoms with Gasteiger partial charge in [0.25, 0.3) is 0 Å². The van der Waals surface area contributed by atoms with Gasteiger partial charge < -0.3 is 10.0 Å². The summed E-state index contributed by atoms with van der Waals surface area (Å²) in [6.07, 6.45) is 3.45. The van der Waals surface area contributed by atoms with E-state index in [1.54, 1.807) is 11.8 Å². The molecule has 0 amide bonds. The van der Waals surface area contributed by atoms with E-state index >= 15 is 0 Å². The van der Waals surface area contributed by atoms with Crippen LogP contribution in [-0.4, -0.2) is 41.7 Å². The molecule has 4 nitrogen and oxygen atoms in total. The highest BCUT2D eigenvalue weighted by atomic mass is 32.2. The number of hydrogen-bond acceptors (Lipinski definition) is 4. The molecule has 0 radical (unpaired) electrons. The van der Waals surface area contributed by atoms with Crippen LogP contribution in [0.5, 0.6) is 0 Å². The number of pyridine rings is 1. The first-order valence-electron chi connectivity index (χ1n) is 4.96. The summed E-state index contributed by atoms with van der Waals surface area (Å²) in [5.41, 5.74) is 1.82. The second-order valence-corrected chi connectivity index (χ2v) is 4.55. The molecule has 88 valence electrons. The lowest BCUT2D eigenvalue weighted by atomic mass is 10.2. The zero-order valence-electron chi connectivity index (χ0n) is 9.73. The van der Waals surface area contributed by atoms with E-state index in [0.29, 0.717) is 0 Å². The van der Waals surface area contributed by atoms with Crippen molar-refractivity contribution in [2.45, 2.75) is 6.92 Å². The van der Waals surface area contributed by atoms with E-state index in [1.807, 2.05) is 31.2 Å². The number of carboxylic acids is 1. The van der Waals surface area contributed by atoms with Crippen LogP contribution in [0.15, 0.2) is 12.3 Å². The first-order valence-corrected chi connectivity index (χ1v) is 6.35. The van der Waals surface area contributed by atoms with Crippen molar-refractivity contribution in [1.29, 1.82) is 0 Å². The Morgan fingerprint density at radius 3 is 2.88 bits per heavy atom. The zero-order chi connectivity index (χ0) is 12.1. The van der Waals surface area contributed by atoms with Gasteiger partial charge in [0.05, 0.1) is 5.69 Å². The van der Waals surface area contributed by atoms with Crippen molar-refractivity contribution in [1.82, 2.24) is 4.98 Å².